The highest BCUT2D eigenvalue weighted by molar-refractivity contribution is 6.38. The van der Waals surface area contributed by atoms with Crippen LogP contribution in [0.15, 0.2) is 24.8 Å². The zero-order chi connectivity index (χ0) is 29.9. The van der Waals surface area contributed by atoms with Crippen LogP contribution in [0.1, 0.15) is 68.7 Å². The summed E-state index contributed by atoms with van der Waals surface area (Å²) in [6.45, 7) is 20.6. The van der Waals surface area contributed by atoms with Crippen molar-refractivity contribution in [2.24, 2.45) is 22.7 Å². The van der Waals surface area contributed by atoms with Crippen LogP contribution in [-0.4, -0.2) is 71.3 Å². The molecule has 2 fully saturated rings. The molecule has 0 bridgehead atoms. The molecule has 39 heavy (non-hydrogen) atoms. The number of ether oxygens (including phenoxy) is 1. The van der Waals surface area contributed by atoms with Gasteiger partial charge >= 0.3 is 6.09 Å². The van der Waals surface area contributed by atoms with Crippen LogP contribution in [0.25, 0.3) is 0 Å². The fourth-order valence-electron chi connectivity index (χ4n) is 5.22. The molecule has 1 aliphatic heterocycles. The van der Waals surface area contributed by atoms with E-state index in [0.29, 0.717) is 6.54 Å². The maximum Gasteiger partial charge on any atom is 0.408 e. The standard InChI is InChI=1S/C29H46N4O6/c1-11-13-14-18(21(34)24(36)30-15-12-2)31-23(35)20-19-17(29(19,9)10)16-33(20)25(37)22(27(3,4)5)32-26(38)39-28(6,7)8/h11-13,17-20,22H,2,14-16H2,1,3-10H3,(H,30,36)(H,31,35)(H,32,38)/b13-11+. The number of likely N-dealkylation sites (tertiary alicyclic amines) is 1. The van der Waals surface area contributed by atoms with E-state index in [4.69, 9.17) is 4.74 Å². The van der Waals surface area contributed by atoms with Gasteiger partial charge in [-0.15, -0.1) is 6.58 Å². The Bertz CT molecular complexity index is 1020. The second-order valence-corrected chi connectivity index (χ2v) is 13.1. The number of amides is 4. The van der Waals surface area contributed by atoms with Gasteiger partial charge in [0, 0.05) is 13.1 Å². The van der Waals surface area contributed by atoms with E-state index < -0.39 is 58.7 Å². The van der Waals surface area contributed by atoms with Gasteiger partial charge in [-0.2, -0.15) is 0 Å². The first-order chi connectivity index (χ1) is 17.9. The third-order valence-corrected chi connectivity index (χ3v) is 7.41. The van der Waals surface area contributed by atoms with E-state index in [1.165, 1.54) is 11.0 Å². The minimum absolute atomic E-state index is 0.0972. The third kappa shape index (κ3) is 7.70. The minimum Gasteiger partial charge on any atom is -0.444 e. The molecule has 0 radical (unpaired) electrons. The van der Waals surface area contributed by atoms with Crippen LogP contribution in [0, 0.1) is 22.7 Å². The smallest absolute Gasteiger partial charge is 0.408 e. The monoisotopic (exact) mass is 546 g/mol. The van der Waals surface area contributed by atoms with Crippen LogP contribution in [0.2, 0.25) is 0 Å². The second-order valence-electron chi connectivity index (χ2n) is 13.1. The summed E-state index contributed by atoms with van der Waals surface area (Å²) < 4.78 is 5.39. The molecule has 0 aromatic rings. The van der Waals surface area contributed by atoms with Crippen molar-refractivity contribution in [3.63, 3.8) is 0 Å². The van der Waals surface area contributed by atoms with Crippen LogP contribution in [0.5, 0.6) is 0 Å². The first kappa shape index (κ1) is 32.0. The Morgan fingerprint density at radius 1 is 1.08 bits per heavy atom. The fourth-order valence-corrected chi connectivity index (χ4v) is 5.22. The summed E-state index contributed by atoms with van der Waals surface area (Å²) in [4.78, 5) is 67.0. The number of nitrogens with one attached hydrogen (secondary N) is 3. The largest absolute Gasteiger partial charge is 0.444 e. The zero-order valence-corrected chi connectivity index (χ0v) is 24.8. The van der Waals surface area contributed by atoms with Crippen molar-refractivity contribution in [1.29, 1.82) is 0 Å². The van der Waals surface area contributed by atoms with Gasteiger partial charge in [0.1, 0.15) is 23.7 Å². The summed E-state index contributed by atoms with van der Waals surface area (Å²) in [5.74, 6) is -2.49. The molecule has 1 saturated carbocycles. The molecule has 4 amide bonds. The number of ketones is 1. The molecular formula is C29H46N4O6. The van der Waals surface area contributed by atoms with Gasteiger partial charge in [-0.1, -0.05) is 52.8 Å². The molecule has 10 heteroatoms. The molecule has 0 spiro atoms. The van der Waals surface area contributed by atoms with E-state index in [-0.39, 0.29) is 30.2 Å². The first-order valence-electron chi connectivity index (χ1n) is 13.5. The average Bonchev–Trinajstić information content (AvgIpc) is 3.14. The van der Waals surface area contributed by atoms with E-state index in [2.05, 4.69) is 36.4 Å². The maximum absolute atomic E-state index is 13.9. The van der Waals surface area contributed by atoms with Gasteiger partial charge in [0.05, 0.1) is 0 Å². The van der Waals surface area contributed by atoms with E-state index in [0.717, 1.165) is 0 Å². The van der Waals surface area contributed by atoms with Crippen LogP contribution in [0.3, 0.4) is 0 Å². The first-order valence-corrected chi connectivity index (χ1v) is 13.5. The molecule has 10 nitrogen and oxygen atoms in total. The number of carbonyl (C=O) groups is 5. The van der Waals surface area contributed by atoms with Crippen LogP contribution in [-0.2, 0) is 23.9 Å². The molecule has 0 aromatic carbocycles. The summed E-state index contributed by atoms with van der Waals surface area (Å²) in [5, 5.41) is 7.92. The van der Waals surface area contributed by atoms with Gasteiger partial charge in [-0.25, -0.2) is 4.79 Å². The lowest BCUT2D eigenvalue weighted by molar-refractivity contribution is -0.145. The summed E-state index contributed by atoms with van der Waals surface area (Å²) in [6.07, 6.45) is 4.30. The highest BCUT2D eigenvalue weighted by Gasteiger charge is 2.69. The van der Waals surface area contributed by atoms with Crippen LogP contribution >= 0.6 is 0 Å². The van der Waals surface area contributed by atoms with Crippen molar-refractivity contribution in [3.8, 4) is 0 Å². The second kappa shape index (κ2) is 11.9. The molecule has 2 rings (SSSR count). The Balaban J connectivity index is 2.33. The molecule has 218 valence electrons. The van der Waals surface area contributed by atoms with Crippen molar-refractivity contribution in [2.45, 2.75) is 92.5 Å². The van der Waals surface area contributed by atoms with E-state index >= 15 is 0 Å². The van der Waals surface area contributed by atoms with Crippen molar-refractivity contribution >= 4 is 29.6 Å². The predicted octanol–water partition coefficient (Wildman–Crippen LogP) is 2.73. The number of Topliss-reactive ketones (excluding diaryl/α,β-unsaturated/α-hetero) is 1. The molecule has 1 saturated heterocycles. The fraction of sp³-hybridized carbons (Fsp3) is 0.690. The number of allylic oxidation sites excluding steroid dienone is 1. The van der Waals surface area contributed by atoms with Gasteiger partial charge in [0.15, 0.2) is 0 Å². The molecular weight excluding hydrogens is 500 g/mol. The lowest BCUT2D eigenvalue weighted by Gasteiger charge is -2.38. The predicted molar refractivity (Wildman–Crippen MR) is 148 cm³/mol. The number of fused-ring (bicyclic) bond motifs is 1. The Labute approximate surface area is 232 Å². The SMILES string of the molecule is C=CCNC(=O)C(=O)C(C/C=C/C)NC(=O)C1C2C(CN1C(=O)C(NC(=O)OC(C)(C)C)C(C)(C)C)C2(C)C. The van der Waals surface area contributed by atoms with Crippen LogP contribution < -0.4 is 16.0 Å². The van der Waals surface area contributed by atoms with Crippen LogP contribution in [0.4, 0.5) is 4.79 Å². The highest BCUT2D eigenvalue weighted by atomic mass is 16.6. The minimum atomic E-state index is -1.09. The van der Waals surface area contributed by atoms with Crippen molar-refractivity contribution in [3.05, 3.63) is 24.8 Å². The van der Waals surface area contributed by atoms with Gasteiger partial charge in [0.2, 0.25) is 17.6 Å². The number of alkyl carbamates (subject to hydrolysis) is 1. The van der Waals surface area contributed by atoms with Crippen molar-refractivity contribution < 1.29 is 28.7 Å². The quantitative estimate of drug-likeness (QED) is 0.285. The highest BCUT2D eigenvalue weighted by Crippen LogP contribution is 2.65. The number of rotatable bonds is 10. The zero-order valence-electron chi connectivity index (χ0n) is 24.8. The number of piperidine rings is 1. The Morgan fingerprint density at radius 3 is 2.21 bits per heavy atom. The molecule has 5 unspecified atom stereocenters. The van der Waals surface area contributed by atoms with E-state index in [9.17, 15) is 24.0 Å². The van der Waals surface area contributed by atoms with Gasteiger partial charge in [-0.05, 0) is 56.8 Å². The van der Waals surface area contributed by atoms with Crippen molar-refractivity contribution in [1.82, 2.24) is 20.9 Å². The molecule has 5 atom stereocenters. The Hall–Kier alpha value is -3.17. The number of nitrogens with zero attached hydrogens (tertiary/aromatic N) is 1. The topological polar surface area (TPSA) is 134 Å². The third-order valence-electron chi connectivity index (χ3n) is 7.41. The number of hydrogen-bond acceptors (Lipinski definition) is 6. The van der Waals surface area contributed by atoms with E-state index in [1.807, 2.05) is 20.8 Å². The maximum atomic E-state index is 13.9. The number of carbonyl (C=O) groups excluding carboxylic acids is 5. The van der Waals surface area contributed by atoms with Gasteiger partial charge < -0.3 is 25.6 Å². The number of hydrogen-bond donors (Lipinski definition) is 3. The summed E-state index contributed by atoms with van der Waals surface area (Å²) >= 11 is 0. The Morgan fingerprint density at radius 2 is 1.69 bits per heavy atom. The molecule has 2 aliphatic rings. The summed E-state index contributed by atoms with van der Waals surface area (Å²) in [7, 11) is 0. The normalized spacial score (nSPS) is 23.3. The Kier molecular flexibility index (Phi) is 9.79. The van der Waals surface area contributed by atoms with Gasteiger partial charge in [0.25, 0.3) is 5.91 Å². The molecule has 0 aromatic heterocycles. The van der Waals surface area contributed by atoms with Gasteiger partial charge in [-0.3, -0.25) is 19.2 Å². The lowest BCUT2D eigenvalue weighted by atomic mass is 9.85. The van der Waals surface area contributed by atoms with E-state index in [1.54, 1.807) is 39.8 Å². The molecule has 3 N–H and O–H groups in total. The summed E-state index contributed by atoms with van der Waals surface area (Å²) in [6, 6.07) is -2.89. The molecule has 1 heterocycles. The lowest BCUT2D eigenvalue weighted by Crippen LogP contribution is -2.60. The molecule has 1 aliphatic carbocycles. The van der Waals surface area contributed by atoms with Crippen molar-refractivity contribution in [2.75, 3.05) is 13.1 Å². The average molecular weight is 547 g/mol. The summed E-state index contributed by atoms with van der Waals surface area (Å²) in [5.41, 5.74) is -1.59.